The molecule has 1 aliphatic carbocycles. The lowest BCUT2D eigenvalue weighted by Crippen LogP contribution is -2.48. The van der Waals surface area contributed by atoms with Crippen LogP contribution in [0.5, 0.6) is 11.5 Å². The molecule has 10 heteroatoms. The third-order valence-corrected chi connectivity index (χ3v) is 8.31. The molecular weight excluding hydrogens is 526 g/mol. The van der Waals surface area contributed by atoms with E-state index in [0.29, 0.717) is 37.9 Å². The van der Waals surface area contributed by atoms with E-state index < -0.39 is 0 Å². The van der Waals surface area contributed by atoms with Gasteiger partial charge in [-0.25, -0.2) is 9.78 Å². The number of carbonyl (C=O) groups excluding carboxylic acids is 3. The second-order valence-corrected chi connectivity index (χ2v) is 10.8. The monoisotopic (exact) mass is 553 g/mol. The number of carbonyl (C=O) groups is 3. The Labute approximate surface area is 234 Å². The molecule has 4 amide bonds. The van der Waals surface area contributed by atoms with E-state index in [9.17, 15) is 14.4 Å². The first-order valence-electron chi connectivity index (χ1n) is 13.0. The number of nitrogens with one attached hydrogen (secondary N) is 3. The van der Waals surface area contributed by atoms with Crippen molar-refractivity contribution in [2.24, 2.45) is 0 Å². The Balaban J connectivity index is 1.27. The van der Waals surface area contributed by atoms with Crippen LogP contribution in [0.15, 0.2) is 73.4 Å². The third-order valence-electron chi connectivity index (χ3n) is 7.21. The van der Waals surface area contributed by atoms with Gasteiger partial charge in [-0.1, -0.05) is 24.8 Å². The number of rotatable bonds is 7. The van der Waals surface area contributed by atoms with Gasteiger partial charge >= 0.3 is 6.03 Å². The lowest BCUT2D eigenvalue weighted by molar-refractivity contribution is -0.117. The number of nitrogens with zero attached hydrogens (tertiary/aromatic N) is 2. The average Bonchev–Trinajstić information content (AvgIpc) is 3.55. The zero-order chi connectivity index (χ0) is 27.8. The predicted molar refractivity (Wildman–Crippen MR) is 156 cm³/mol. The number of para-hydroxylation sites is 1. The summed E-state index contributed by atoms with van der Waals surface area (Å²) in [4.78, 5) is 45.7. The van der Waals surface area contributed by atoms with Gasteiger partial charge in [-0.3, -0.25) is 14.5 Å². The van der Waals surface area contributed by atoms with Crippen LogP contribution in [-0.2, 0) is 4.79 Å². The van der Waals surface area contributed by atoms with Crippen molar-refractivity contribution in [3.8, 4) is 11.5 Å². The highest BCUT2D eigenvalue weighted by Crippen LogP contribution is 2.46. The molecule has 202 valence electrons. The number of benzene rings is 2. The number of urea groups is 1. The predicted octanol–water partition coefficient (Wildman–Crippen LogP) is 6.03. The fourth-order valence-corrected chi connectivity index (χ4v) is 6.27. The molecule has 4 aromatic rings. The van der Waals surface area contributed by atoms with Crippen LogP contribution in [0.2, 0.25) is 0 Å². The number of aromatic nitrogens is 1. The number of amides is 4. The van der Waals surface area contributed by atoms with Gasteiger partial charge in [-0.05, 0) is 74.2 Å². The molecule has 3 N–H and O–H groups in total. The van der Waals surface area contributed by atoms with Gasteiger partial charge in [0.2, 0.25) is 5.91 Å². The van der Waals surface area contributed by atoms with Crippen LogP contribution in [0, 0.1) is 6.92 Å². The third kappa shape index (κ3) is 4.66. The number of anilines is 3. The van der Waals surface area contributed by atoms with Crippen LogP contribution in [0.3, 0.4) is 0 Å². The van der Waals surface area contributed by atoms with Crippen molar-refractivity contribution in [1.29, 1.82) is 0 Å². The molecule has 0 spiro atoms. The minimum absolute atomic E-state index is 0.170. The minimum atomic E-state index is -0.378. The second kappa shape index (κ2) is 10.5. The standard InChI is InChI=1S/C30H27N5O4S/c1-3-24(36)32-20-8-6-9-21(20)33-28(37)27-26-25-22(15-16-31-29(25)40-27)35(30(38)34-26)18-11-13-19(14-12-18)39-23-10-5-4-7-17(23)2/h3-5,7,10-16,20-21H,1,6,8-9H2,2H3,(H,32,36)(H,33,37)(H,34,38)/t20-,21-/m0/s1. The van der Waals surface area contributed by atoms with Crippen LogP contribution in [0.25, 0.3) is 10.2 Å². The van der Waals surface area contributed by atoms with Gasteiger partial charge in [0.25, 0.3) is 5.91 Å². The van der Waals surface area contributed by atoms with E-state index >= 15 is 0 Å². The van der Waals surface area contributed by atoms with E-state index in [1.165, 1.54) is 17.4 Å². The quantitative estimate of drug-likeness (QED) is 0.242. The Hall–Kier alpha value is -4.70. The van der Waals surface area contributed by atoms with E-state index in [1.54, 1.807) is 17.2 Å². The zero-order valence-corrected chi connectivity index (χ0v) is 22.6. The summed E-state index contributed by atoms with van der Waals surface area (Å²) in [6, 6.07) is 16.1. The van der Waals surface area contributed by atoms with Gasteiger partial charge in [0.05, 0.1) is 22.4 Å². The smallest absolute Gasteiger partial charge is 0.331 e. The molecule has 6 rings (SSSR count). The molecular formula is C30H27N5O4S. The van der Waals surface area contributed by atoms with Crippen molar-refractivity contribution < 1.29 is 19.1 Å². The van der Waals surface area contributed by atoms with Crippen molar-refractivity contribution in [2.45, 2.75) is 38.3 Å². The lowest BCUT2D eigenvalue weighted by Gasteiger charge is -2.28. The first-order valence-corrected chi connectivity index (χ1v) is 13.8. The minimum Gasteiger partial charge on any atom is -0.457 e. The maximum atomic E-state index is 13.4. The van der Waals surface area contributed by atoms with Crippen LogP contribution in [0.1, 0.15) is 34.5 Å². The molecule has 9 nitrogen and oxygen atoms in total. The van der Waals surface area contributed by atoms with Crippen molar-refractivity contribution in [1.82, 2.24) is 15.6 Å². The Morgan fingerprint density at radius 1 is 1.10 bits per heavy atom. The van der Waals surface area contributed by atoms with Crippen LogP contribution < -0.4 is 25.6 Å². The number of aryl methyl sites for hydroxylation is 1. The average molecular weight is 554 g/mol. The fourth-order valence-electron chi connectivity index (χ4n) is 5.24. The molecule has 1 saturated carbocycles. The van der Waals surface area contributed by atoms with Gasteiger partial charge in [-0.2, -0.15) is 0 Å². The molecule has 2 aromatic carbocycles. The molecule has 3 heterocycles. The summed E-state index contributed by atoms with van der Waals surface area (Å²) in [5, 5.41) is 9.59. The van der Waals surface area contributed by atoms with Gasteiger partial charge in [0, 0.05) is 18.3 Å². The molecule has 2 aromatic heterocycles. The van der Waals surface area contributed by atoms with E-state index in [-0.39, 0.29) is 29.9 Å². The van der Waals surface area contributed by atoms with Gasteiger partial charge in [0.1, 0.15) is 21.2 Å². The lowest BCUT2D eigenvalue weighted by atomic mass is 10.1. The maximum absolute atomic E-state index is 13.4. The Morgan fingerprint density at radius 3 is 2.60 bits per heavy atom. The zero-order valence-electron chi connectivity index (χ0n) is 21.8. The van der Waals surface area contributed by atoms with Gasteiger partial charge in [0.15, 0.2) is 0 Å². The number of pyridine rings is 1. The highest BCUT2D eigenvalue weighted by atomic mass is 32.1. The van der Waals surface area contributed by atoms with Crippen molar-refractivity contribution in [2.75, 3.05) is 10.2 Å². The molecule has 2 atom stereocenters. The van der Waals surface area contributed by atoms with Crippen molar-refractivity contribution in [3.05, 3.63) is 83.9 Å². The second-order valence-electron chi connectivity index (χ2n) is 9.77. The summed E-state index contributed by atoms with van der Waals surface area (Å²) >= 11 is 1.23. The van der Waals surface area contributed by atoms with Crippen LogP contribution >= 0.6 is 11.3 Å². The summed E-state index contributed by atoms with van der Waals surface area (Å²) < 4.78 is 6.01. The Bertz CT molecular complexity index is 1650. The summed E-state index contributed by atoms with van der Waals surface area (Å²) in [6.07, 6.45) is 5.28. The number of hydrogen-bond acceptors (Lipinski definition) is 6. The Morgan fingerprint density at radius 2 is 1.85 bits per heavy atom. The number of hydrogen-bond donors (Lipinski definition) is 3. The molecule has 1 fully saturated rings. The Kier molecular flexibility index (Phi) is 6.69. The van der Waals surface area contributed by atoms with Crippen LogP contribution in [-0.4, -0.2) is 34.9 Å². The van der Waals surface area contributed by atoms with E-state index in [4.69, 9.17) is 4.74 Å². The highest BCUT2D eigenvalue weighted by molar-refractivity contribution is 7.21. The van der Waals surface area contributed by atoms with E-state index in [2.05, 4.69) is 27.5 Å². The van der Waals surface area contributed by atoms with Gasteiger partial charge < -0.3 is 20.7 Å². The van der Waals surface area contributed by atoms with Crippen LogP contribution in [0.4, 0.5) is 21.9 Å². The van der Waals surface area contributed by atoms with E-state index in [0.717, 1.165) is 30.6 Å². The van der Waals surface area contributed by atoms with Crippen molar-refractivity contribution >= 4 is 56.5 Å². The summed E-state index contributed by atoms with van der Waals surface area (Å²) in [6.45, 7) is 5.48. The topological polar surface area (TPSA) is 113 Å². The summed E-state index contributed by atoms with van der Waals surface area (Å²) in [7, 11) is 0. The summed E-state index contributed by atoms with van der Waals surface area (Å²) in [5.74, 6) is 0.849. The molecule has 0 bridgehead atoms. The molecule has 2 aliphatic rings. The number of thiophene rings is 1. The maximum Gasteiger partial charge on any atom is 0.331 e. The van der Waals surface area contributed by atoms with Crippen molar-refractivity contribution in [3.63, 3.8) is 0 Å². The fraction of sp³-hybridized carbons (Fsp3) is 0.200. The molecule has 0 unspecified atom stereocenters. The summed E-state index contributed by atoms with van der Waals surface area (Å²) in [5.41, 5.74) is 2.77. The van der Waals surface area contributed by atoms with E-state index in [1.807, 2.05) is 55.5 Å². The molecule has 40 heavy (non-hydrogen) atoms. The highest BCUT2D eigenvalue weighted by Gasteiger charge is 2.35. The largest absolute Gasteiger partial charge is 0.457 e. The first kappa shape index (κ1) is 25.6. The molecule has 0 radical (unpaired) electrons. The molecule has 0 saturated heterocycles. The van der Waals surface area contributed by atoms with Gasteiger partial charge in [-0.15, -0.1) is 11.3 Å². The number of ether oxygens (including phenoxy) is 1. The SMILES string of the molecule is C=CC(=O)N[C@H]1CCC[C@@H]1NC(=O)c1sc2nccc3c2c1NC(=O)N3c1ccc(Oc2ccccc2C)cc1. The molecule has 1 aliphatic heterocycles. The normalized spacial score (nSPS) is 17.8. The first-order chi connectivity index (χ1) is 19.4.